The summed E-state index contributed by atoms with van der Waals surface area (Å²) in [4.78, 5) is 0. The predicted octanol–water partition coefficient (Wildman–Crippen LogP) is 2.54. The molecule has 3 heteroatoms. The van der Waals surface area contributed by atoms with Gasteiger partial charge in [-0.25, -0.2) is 0 Å². The summed E-state index contributed by atoms with van der Waals surface area (Å²) in [6, 6.07) is 2.04. The van der Waals surface area contributed by atoms with Crippen LogP contribution in [0.25, 0.3) is 0 Å². The van der Waals surface area contributed by atoms with Gasteiger partial charge in [0.15, 0.2) is 0 Å². The molecule has 3 nitrogen and oxygen atoms in total. The zero-order valence-electron chi connectivity index (χ0n) is 11.2. The first-order valence-corrected chi connectivity index (χ1v) is 6.70. The van der Waals surface area contributed by atoms with Gasteiger partial charge in [-0.3, -0.25) is 4.68 Å². The van der Waals surface area contributed by atoms with Crippen LogP contribution in [0.4, 0.5) is 0 Å². The Morgan fingerprint density at radius 2 is 2.24 bits per heavy atom. The first-order valence-electron chi connectivity index (χ1n) is 6.70. The summed E-state index contributed by atoms with van der Waals surface area (Å²) in [6.07, 6.45) is 6.97. The molecule has 0 amide bonds. The second kappa shape index (κ2) is 4.81. The number of hydrogen-bond donors (Lipinski definition) is 1. The molecule has 0 radical (unpaired) electrons. The zero-order chi connectivity index (χ0) is 12.5. The molecule has 1 aromatic heterocycles. The third kappa shape index (κ3) is 2.71. The molecule has 1 N–H and O–H groups in total. The van der Waals surface area contributed by atoms with Gasteiger partial charge in [-0.2, -0.15) is 5.10 Å². The SMILES string of the molecule is CC1CCC(C)C(O)(CCc2ccnn2C)C1. The molecule has 3 atom stereocenters. The van der Waals surface area contributed by atoms with E-state index in [0.29, 0.717) is 11.8 Å². The highest BCUT2D eigenvalue weighted by molar-refractivity contribution is 5.02. The molecule has 1 saturated carbocycles. The van der Waals surface area contributed by atoms with Crippen LogP contribution in [0.5, 0.6) is 0 Å². The number of aryl methyl sites for hydroxylation is 2. The first-order chi connectivity index (χ1) is 8.01. The summed E-state index contributed by atoms with van der Waals surface area (Å²) in [7, 11) is 1.96. The van der Waals surface area contributed by atoms with Crippen molar-refractivity contribution in [2.45, 2.75) is 51.6 Å². The molecular formula is C14H24N2O. The molecule has 0 aromatic carbocycles. The average Bonchev–Trinajstić information content (AvgIpc) is 2.67. The van der Waals surface area contributed by atoms with Gasteiger partial charge in [-0.05, 0) is 43.6 Å². The lowest BCUT2D eigenvalue weighted by Crippen LogP contribution is -2.42. The van der Waals surface area contributed by atoms with E-state index in [-0.39, 0.29) is 0 Å². The normalized spacial score (nSPS) is 33.9. The van der Waals surface area contributed by atoms with E-state index in [1.807, 2.05) is 24.0 Å². The molecule has 0 aliphatic heterocycles. The van der Waals surface area contributed by atoms with E-state index in [9.17, 15) is 5.11 Å². The van der Waals surface area contributed by atoms with Crippen LogP contribution in [0, 0.1) is 11.8 Å². The highest BCUT2D eigenvalue weighted by Gasteiger charge is 2.38. The third-order valence-electron chi connectivity index (χ3n) is 4.45. The van der Waals surface area contributed by atoms with Gasteiger partial charge >= 0.3 is 0 Å². The molecule has 1 aromatic rings. The number of rotatable bonds is 3. The van der Waals surface area contributed by atoms with Crippen LogP contribution in [-0.4, -0.2) is 20.5 Å². The number of aromatic nitrogens is 2. The number of hydrogen-bond acceptors (Lipinski definition) is 2. The third-order valence-corrected chi connectivity index (χ3v) is 4.45. The lowest BCUT2D eigenvalue weighted by Gasteiger charge is -2.41. The van der Waals surface area contributed by atoms with Crippen molar-refractivity contribution in [1.29, 1.82) is 0 Å². The maximum Gasteiger partial charge on any atom is 0.0679 e. The zero-order valence-corrected chi connectivity index (χ0v) is 11.2. The largest absolute Gasteiger partial charge is 0.390 e. The summed E-state index contributed by atoms with van der Waals surface area (Å²) in [5, 5.41) is 14.9. The Balaban J connectivity index is 1.99. The smallest absolute Gasteiger partial charge is 0.0679 e. The summed E-state index contributed by atoms with van der Waals surface area (Å²) in [5.74, 6) is 1.08. The molecule has 0 saturated heterocycles. The van der Waals surface area contributed by atoms with Crippen LogP contribution < -0.4 is 0 Å². The van der Waals surface area contributed by atoms with Gasteiger partial charge in [0.05, 0.1) is 5.60 Å². The molecule has 0 bridgehead atoms. The van der Waals surface area contributed by atoms with Crippen LogP contribution in [0.15, 0.2) is 12.3 Å². The van der Waals surface area contributed by atoms with E-state index in [4.69, 9.17) is 0 Å². The second-order valence-corrected chi connectivity index (χ2v) is 5.84. The van der Waals surface area contributed by atoms with Gasteiger partial charge in [0.1, 0.15) is 0 Å². The summed E-state index contributed by atoms with van der Waals surface area (Å²) in [6.45, 7) is 4.44. The van der Waals surface area contributed by atoms with Crippen molar-refractivity contribution in [3.63, 3.8) is 0 Å². The Hall–Kier alpha value is -0.830. The molecule has 17 heavy (non-hydrogen) atoms. The number of nitrogens with zero attached hydrogens (tertiary/aromatic N) is 2. The van der Waals surface area contributed by atoms with Gasteiger partial charge in [0.25, 0.3) is 0 Å². The summed E-state index contributed by atoms with van der Waals surface area (Å²) in [5.41, 5.74) is 0.742. The minimum absolute atomic E-state index is 0.423. The highest BCUT2D eigenvalue weighted by Crippen LogP contribution is 2.39. The van der Waals surface area contributed by atoms with Crippen molar-refractivity contribution in [2.75, 3.05) is 0 Å². The Morgan fingerprint density at radius 3 is 2.88 bits per heavy atom. The monoisotopic (exact) mass is 236 g/mol. The maximum atomic E-state index is 10.8. The lowest BCUT2D eigenvalue weighted by atomic mass is 9.70. The van der Waals surface area contributed by atoms with Crippen LogP contribution in [0.2, 0.25) is 0 Å². The number of aliphatic hydroxyl groups is 1. The highest BCUT2D eigenvalue weighted by atomic mass is 16.3. The minimum atomic E-state index is -0.470. The molecule has 0 spiro atoms. The van der Waals surface area contributed by atoms with E-state index in [2.05, 4.69) is 18.9 Å². The fourth-order valence-electron chi connectivity index (χ4n) is 3.05. The molecule has 3 unspecified atom stereocenters. The van der Waals surface area contributed by atoms with Crippen molar-refractivity contribution < 1.29 is 5.11 Å². The van der Waals surface area contributed by atoms with Crippen molar-refractivity contribution in [3.8, 4) is 0 Å². The maximum absolute atomic E-state index is 10.8. The van der Waals surface area contributed by atoms with Gasteiger partial charge < -0.3 is 5.11 Å². The molecule has 1 heterocycles. The quantitative estimate of drug-likeness (QED) is 0.875. The van der Waals surface area contributed by atoms with Crippen LogP contribution in [0.1, 0.15) is 45.2 Å². The Kier molecular flexibility index (Phi) is 3.57. The topological polar surface area (TPSA) is 38.1 Å². The van der Waals surface area contributed by atoms with E-state index in [0.717, 1.165) is 25.7 Å². The summed E-state index contributed by atoms with van der Waals surface area (Å²) >= 11 is 0. The van der Waals surface area contributed by atoms with Crippen LogP contribution >= 0.6 is 0 Å². The van der Waals surface area contributed by atoms with E-state index in [1.165, 1.54) is 12.1 Å². The van der Waals surface area contributed by atoms with E-state index >= 15 is 0 Å². The van der Waals surface area contributed by atoms with Crippen molar-refractivity contribution in [2.24, 2.45) is 18.9 Å². The fourth-order valence-corrected chi connectivity index (χ4v) is 3.05. The Bertz CT molecular complexity index is 374. The first kappa shape index (κ1) is 12.6. The standard InChI is InChI=1S/C14H24N2O/c1-11-4-5-12(2)14(17,10-11)8-6-13-7-9-15-16(13)3/h7,9,11-12,17H,4-6,8,10H2,1-3H3. The van der Waals surface area contributed by atoms with Gasteiger partial charge in [-0.15, -0.1) is 0 Å². The molecule has 1 fully saturated rings. The molecule has 1 aliphatic rings. The summed E-state index contributed by atoms with van der Waals surface area (Å²) < 4.78 is 1.90. The van der Waals surface area contributed by atoms with Crippen LogP contribution in [-0.2, 0) is 13.5 Å². The van der Waals surface area contributed by atoms with E-state index < -0.39 is 5.60 Å². The second-order valence-electron chi connectivity index (χ2n) is 5.84. The predicted molar refractivity (Wildman–Crippen MR) is 68.7 cm³/mol. The average molecular weight is 236 g/mol. The molecular weight excluding hydrogens is 212 g/mol. The molecule has 96 valence electrons. The van der Waals surface area contributed by atoms with Gasteiger partial charge in [0, 0.05) is 18.9 Å². The Morgan fingerprint density at radius 1 is 1.47 bits per heavy atom. The van der Waals surface area contributed by atoms with Crippen LogP contribution in [0.3, 0.4) is 0 Å². The minimum Gasteiger partial charge on any atom is -0.390 e. The fraction of sp³-hybridized carbons (Fsp3) is 0.786. The van der Waals surface area contributed by atoms with Gasteiger partial charge in [-0.1, -0.05) is 20.3 Å². The molecule has 2 rings (SSSR count). The van der Waals surface area contributed by atoms with Crippen molar-refractivity contribution >= 4 is 0 Å². The van der Waals surface area contributed by atoms with E-state index in [1.54, 1.807) is 0 Å². The van der Waals surface area contributed by atoms with Crippen molar-refractivity contribution in [1.82, 2.24) is 9.78 Å². The molecule has 1 aliphatic carbocycles. The lowest BCUT2D eigenvalue weighted by molar-refractivity contribution is -0.0628. The van der Waals surface area contributed by atoms with Crippen molar-refractivity contribution in [3.05, 3.63) is 18.0 Å². The van der Waals surface area contributed by atoms with Gasteiger partial charge in [0.2, 0.25) is 0 Å². The Labute approximate surface area is 104 Å².